The molecule has 1 saturated heterocycles. The third-order valence-electron chi connectivity index (χ3n) is 0.975. The summed E-state index contributed by atoms with van der Waals surface area (Å²) < 4.78 is 4.48. The van der Waals surface area contributed by atoms with Gasteiger partial charge in [-0.25, -0.2) is 0 Å². The second kappa shape index (κ2) is 1.43. The molecule has 0 saturated carbocycles. The lowest BCUT2D eigenvalue weighted by Crippen LogP contribution is -2.49. The highest BCUT2D eigenvalue weighted by atomic mass is 16.5. The first kappa shape index (κ1) is 5.53. The smallest absolute Gasteiger partial charge is 0.309 e. The predicted octanol–water partition coefficient (Wildman–Crippen LogP) is -1.45. The lowest BCUT2D eigenvalue weighted by atomic mass is 10.2. The van der Waals surface area contributed by atoms with Gasteiger partial charge in [-0.05, 0) is 0 Å². The van der Waals surface area contributed by atoms with Gasteiger partial charge in [-0.3, -0.25) is 4.79 Å². The molecule has 0 spiro atoms. The second-order valence-electron chi connectivity index (χ2n) is 2.07. The zero-order valence-corrected chi connectivity index (χ0v) is 4.39. The van der Waals surface area contributed by atoms with Crippen LogP contribution in [0, 0.1) is 0 Å². The lowest BCUT2D eigenvalue weighted by molar-refractivity contribution is -0.137. The first-order chi connectivity index (χ1) is 3.60. The van der Waals surface area contributed by atoms with Crippen LogP contribution in [0.15, 0.2) is 0 Å². The normalized spacial score (nSPS) is 25.5. The molecule has 8 heavy (non-hydrogen) atoms. The summed E-state index contributed by atoms with van der Waals surface area (Å²) in [4.78, 5) is 10.3. The number of rotatable bonds is 0. The van der Waals surface area contributed by atoms with Crippen molar-refractivity contribution in [3.8, 4) is 0 Å². The number of esters is 1. The molecular weight excluding hydrogens is 108 g/mol. The van der Waals surface area contributed by atoms with Gasteiger partial charge in [-0.15, -0.1) is 0 Å². The van der Waals surface area contributed by atoms with Crippen molar-refractivity contribution >= 4 is 5.97 Å². The van der Waals surface area contributed by atoms with E-state index >= 15 is 0 Å². The highest BCUT2D eigenvalue weighted by Gasteiger charge is 2.32. The number of cyclic esters (lactones) is 1. The Balaban J connectivity index is 2.56. The summed E-state index contributed by atoms with van der Waals surface area (Å²) >= 11 is 0. The van der Waals surface area contributed by atoms with E-state index in [0.29, 0.717) is 0 Å². The molecule has 4 N–H and O–H groups in total. The van der Waals surface area contributed by atoms with Crippen LogP contribution in [0.2, 0.25) is 0 Å². The van der Waals surface area contributed by atoms with E-state index in [9.17, 15) is 4.79 Å². The molecule has 0 radical (unpaired) electrons. The van der Waals surface area contributed by atoms with Gasteiger partial charge in [0, 0.05) is 0 Å². The molecule has 0 unspecified atom stereocenters. The lowest BCUT2D eigenvalue weighted by Gasteiger charge is -2.10. The van der Waals surface area contributed by atoms with Crippen LogP contribution in [0.3, 0.4) is 0 Å². The molecule has 1 rings (SSSR count). The maximum absolute atomic E-state index is 10.3. The summed E-state index contributed by atoms with van der Waals surface area (Å²) in [6, 6.07) is 0. The number of nitrogens with two attached hydrogens (primary N) is 2. The number of carbonyl (C=O) groups excluding carboxylic acids is 1. The first-order valence-corrected chi connectivity index (χ1v) is 2.33. The Kier molecular flexibility index (Phi) is 0.988. The SMILES string of the molecule is NC1(N)COC(=O)C1. The Bertz CT molecular complexity index is 121. The van der Waals surface area contributed by atoms with Gasteiger partial charge in [0.1, 0.15) is 12.3 Å². The van der Waals surface area contributed by atoms with E-state index < -0.39 is 5.66 Å². The molecule has 1 aliphatic heterocycles. The Morgan fingerprint density at radius 3 is 2.38 bits per heavy atom. The van der Waals surface area contributed by atoms with Gasteiger partial charge in [0.25, 0.3) is 0 Å². The second-order valence-corrected chi connectivity index (χ2v) is 2.07. The van der Waals surface area contributed by atoms with Crippen LogP contribution in [0.25, 0.3) is 0 Å². The molecular formula is C4H8N2O2. The van der Waals surface area contributed by atoms with E-state index in [4.69, 9.17) is 11.5 Å². The van der Waals surface area contributed by atoms with Gasteiger partial charge in [0.05, 0.1) is 6.42 Å². The minimum atomic E-state index is -0.906. The van der Waals surface area contributed by atoms with Crippen molar-refractivity contribution in [2.75, 3.05) is 6.61 Å². The average Bonchev–Trinajstić information content (AvgIpc) is 1.82. The summed E-state index contributed by atoms with van der Waals surface area (Å²) in [5.41, 5.74) is 9.69. The fourth-order valence-corrected chi connectivity index (χ4v) is 0.586. The van der Waals surface area contributed by atoms with Crippen LogP contribution in [-0.4, -0.2) is 18.2 Å². The highest BCUT2D eigenvalue weighted by molar-refractivity contribution is 5.73. The minimum absolute atomic E-state index is 0.132. The number of carbonyl (C=O) groups is 1. The van der Waals surface area contributed by atoms with Crippen molar-refractivity contribution in [1.82, 2.24) is 0 Å². The molecule has 1 heterocycles. The van der Waals surface area contributed by atoms with Crippen LogP contribution in [-0.2, 0) is 9.53 Å². The topological polar surface area (TPSA) is 78.3 Å². The third kappa shape index (κ3) is 0.962. The summed E-state index contributed by atoms with van der Waals surface area (Å²) in [6.45, 7) is 0.145. The van der Waals surface area contributed by atoms with E-state index in [-0.39, 0.29) is 19.0 Å². The fraction of sp³-hybridized carbons (Fsp3) is 0.750. The molecule has 0 aliphatic carbocycles. The summed E-state index contributed by atoms with van der Waals surface area (Å²) in [5.74, 6) is -0.310. The maximum atomic E-state index is 10.3. The maximum Gasteiger partial charge on any atom is 0.309 e. The van der Waals surface area contributed by atoms with Crippen molar-refractivity contribution < 1.29 is 9.53 Å². The molecule has 46 valence electrons. The van der Waals surface area contributed by atoms with Crippen LogP contribution in [0.5, 0.6) is 0 Å². The molecule has 4 nitrogen and oxygen atoms in total. The number of hydrogen-bond donors (Lipinski definition) is 2. The van der Waals surface area contributed by atoms with Gasteiger partial charge in [-0.2, -0.15) is 0 Å². The molecule has 0 aromatic rings. The van der Waals surface area contributed by atoms with Crippen molar-refractivity contribution in [2.24, 2.45) is 11.5 Å². The molecule has 0 aromatic carbocycles. The van der Waals surface area contributed by atoms with Crippen LogP contribution in [0.4, 0.5) is 0 Å². The molecule has 1 fully saturated rings. The van der Waals surface area contributed by atoms with E-state index in [1.54, 1.807) is 0 Å². The Morgan fingerprint density at radius 2 is 2.25 bits per heavy atom. The van der Waals surface area contributed by atoms with Crippen LogP contribution < -0.4 is 11.5 Å². The van der Waals surface area contributed by atoms with E-state index in [2.05, 4.69) is 4.74 Å². The zero-order chi connectivity index (χ0) is 6.20. The van der Waals surface area contributed by atoms with Gasteiger partial charge in [0.15, 0.2) is 0 Å². The number of hydrogen-bond acceptors (Lipinski definition) is 4. The fourth-order valence-electron chi connectivity index (χ4n) is 0.586. The van der Waals surface area contributed by atoms with Gasteiger partial charge in [0.2, 0.25) is 0 Å². The number of ether oxygens (including phenoxy) is 1. The summed E-state index contributed by atoms with van der Waals surface area (Å²) in [7, 11) is 0. The Hall–Kier alpha value is -0.610. The van der Waals surface area contributed by atoms with E-state index in [0.717, 1.165) is 0 Å². The molecule has 0 bridgehead atoms. The molecule has 0 atom stereocenters. The van der Waals surface area contributed by atoms with Gasteiger partial charge < -0.3 is 16.2 Å². The van der Waals surface area contributed by atoms with Gasteiger partial charge >= 0.3 is 5.97 Å². The van der Waals surface area contributed by atoms with Gasteiger partial charge in [-0.1, -0.05) is 0 Å². The minimum Gasteiger partial charge on any atom is -0.462 e. The average molecular weight is 116 g/mol. The third-order valence-corrected chi connectivity index (χ3v) is 0.975. The summed E-state index contributed by atoms with van der Waals surface area (Å²) in [6.07, 6.45) is 0.132. The quantitative estimate of drug-likeness (QED) is 0.299. The van der Waals surface area contributed by atoms with Crippen molar-refractivity contribution in [3.63, 3.8) is 0 Å². The predicted molar refractivity (Wildman–Crippen MR) is 26.7 cm³/mol. The largest absolute Gasteiger partial charge is 0.462 e. The van der Waals surface area contributed by atoms with Crippen LogP contribution in [0.1, 0.15) is 6.42 Å². The van der Waals surface area contributed by atoms with Crippen molar-refractivity contribution in [3.05, 3.63) is 0 Å². The molecule has 1 aliphatic rings. The highest BCUT2D eigenvalue weighted by Crippen LogP contribution is 2.08. The standard InChI is InChI=1S/C4H8N2O2/c5-4(6)1-3(7)8-2-4/h1-2,5-6H2. The van der Waals surface area contributed by atoms with E-state index in [1.807, 2.05) is 0 Å². The Labute approximate surface area is 46.8 Å². The van der Waals surface area contributed by atoms with Crippen molar-refractivity contribution in [2.45, 2.75) is 12.1 Å². The zero-order valence-electron chi connectivity index (χ0n) is 4.39. The molecule has 0 amide bonds. The van der Waals surface area contributed by atoms with Crippen molar-refractivity contribution in [1.29, 1.82) is 0 Å². The molecule has 4 heteroatoms. The Morgan fingerprint density at radius 1 is 1.62 bits per heavy atom. The first-order valence-electron chi connectivity index (χ1n) is 2.33. The van der Waals surface area contributed by atoms with Crippen LogP contribution >= 0.6 is 0 Å². The van der Waals surface area contributed by atoms with E-state index in [1.165, 1.54) is 0 Å². The monoisotopic (exact) mass is 116 g/mol. The summed E-state index contributed by atoms with van der Waals surface area (Å²) in [5, 5.41) is 0. The molecule has 0 aromatic heterocycles.